The molecule has 0 fully saturated rings. The molecule has 8 nitrogen and oxygen atoms in total. The van der Waals surface area contributed by atoms with E-state index in [-0.39, 0.29) is 22.8 Å². The van der Waals surface area contributed by atoms with Gasteiger partial charge in [-0.25, -0.2) is 0 Å². The first-order valence-electron chi connectivity index (χ1n) is 6.92. The van der Waals surface area contributed by atoms with Crippen LogP contribution in [0.1, 0.15) is 17.3 Å². The molecule has 124 valence electrons. The standard InChI is InChI=1S/C16H15N3O5/c1-10(20)17-12-5-3-4-11(8-12)16(21)18-14-9-13(19(22)23)6-7-15(14)24-2/h3-9H,1-2H3,(H,17,20)(H,18,21). The Kier molecular flexibility index (Phi) is 5.10. The molecule has 8 heteroatoms. The first kappa shape index (κ1) is 16.9. The summed E-state index contributed by atoms with van der Waals surface area (Å²) < 4.78 is 5.10. The van der Waals surface area contributed by atoms with Crippen LogP contribution in [-0.2, 0) is 4.79 Å². The van der Waals surface area contributed by atoms with E-state index in [0.717, 1.165) is 0 Å². The highest BCUT2D eigenvalue weighted by atomic mass is 16.6. The molecule has 0 radical (unpaired) electrons. The van der Waals surface area contributed by atoms with Gasteiger partial charge in [0, 0.05) is 30.3 Å². The molecule has 0 spiro atoms. The molecule has 0 aliphatic rings. The largest absolute Gasteiger partial charge is 0.495 e. The minimum absolute atomic E-state index is 0.168. The van der Waals surface area contributed by atoms with Crippen LogP contribution in [0, 0.1) is 10.1 Å². The molecule has 0 saturated carbocycles. The number of rotatable bonds is 5. The smallest absolute Gasteiger partial charge is 0.271 e. The molecular weight excluding hydrogens is 314 g/mol. The highest BCUT2D eigenvalue weighted by Crippen LogP contribution is 2.29. The number of nitrogens with zero attached hydrogens (tertiary/aromatic N) is 1. The number of nitro benzene ring substituents is 1. The number of methoxy groups -OCH3 is 1. The Hall–Kier alpha value is -3.42. The summed E-state index contributed by atoms with van der Waals surface area (Å²) in [5, 5.41) is 16.0. The van der Waals surface area contributed by atoms with Crippen molar-refractivity contribution in [2.24, 2.45) is 0 Å². The van der Waals surface area contributed by atoms with Gasteiger partial charge < -0.3 is 15.4 Å². The first-order valence-corrected chi connectivity index (χ1v) is 6.92. The highest BCUT2D eigenvalue weighted by molar-refractivity contribution is 6.06. The van der Waals surface area contributed by atoms with Crippen LogP contribution in [0.4, 0.5) is 17.1 Å². The Labute approximate surface area is 137 Å². The van der Waals surface area contributed by atoms with Crippen molar-refractivity contribution in [3.8, 4) is 5.75 Å². The molecule has 2 rings (SSSR count). The van der Waals surface area contributed by atoms with Crippen molar-refractivity contribution < 1.29 is 19.2 Å². The van der Waals surface area contributed by atoms with Gasteiger partial charge in [-0.2, -0.15) is 0 Å². The molecule has 2 N–H and O–H groups in total. The summed E-state index contributed by atoms with van der Waals surface area (Å²) in [5.74, 6) is -0.444. The normalized spacial score (nSPS) is 9.92. The molecule has 0 atom stereocenters. The summed E-state index contributed by atoms with van der Waals surface area (Å²) >= 11 is 0. The Morgan fingerprint density at radius 3 is 2.50 bits per heavy atom. The SMILES string of the molecule is COc1ccc([N+](=O)[O-])cc1NC(=O)c1cccc(NC(C)=O)c1. The van der Waals surface area contributed by atoms with E-state index in [1.807, 2.05) is 0 Å². The van der Waals surface area contributed by atoms with Gasteiger partial charge >= 0.3 is 0 Å². The lowest BCUT2D eigenvalue weighted by Crippen LogP contribution is -2.14. The minimum atomic E-state index is -0.563. The van der Waals surface area contributed by atoms with Gasteiger partial charge in [-0.15, -0.1) is 0 Å². The van der Waals surface area contributed by atoms with E-state index in [9.17, 15) is 19.7 Å². The maximum absolute atomic E-state index is 12.4. The fourth-order valence-corrected chi connectivity index (χ4v) is 2.04. The quantitative estimate of drug-likeness (QED) is 0.647. The lowest BCUT2D eigenvalue weighted by atomic mass is 10.1. The van der Waals surface area contributed by atoms with Gasteiger partial charge in [0.15, 0.2) is 0 Å². The maximum atomic E-state index is 12.4. The predicted molar refractivity (Wildman–Crippen MR) is 88.3 cm³/mol. The van der Waals surface area contributed by atoms with Crippen molar-refractivity contribution in [1.82, 2.24) is 0 Å². The molecule has 24 heavy (non-hydrogen) atoms. The van der Waals surface area contributed by atoms with Gasteiger partial charge in [0.05, 0.1) is 17.7 Å². The van der Waals surface area contributed by atoms with E-state index in [0.29, 0.717) is 11.4 Å². The molecule has 2 aromatic carbocycles. The second-order valence-corrected chi connectivity index (χ2v) is 4.86. The lowest BCUT2D eigenvalue weighted by Gasteiger charge is -2.11. The Balaban J connectivity index is 2.27. The Morgan fingerprint density at radius 2 is 1.88 bits per heavy atom. The molecule has 0 bridgehead atoms. The Bertz CT molecular complexity index is 804. The number of benzene rings is 2. The van der Waals surface area contributed by atoms with Gasteiger partial charge in [-0.3, -0.25) is 19.7 Å². The van der Waals surface area contributed by atoms with Crippen molar-refractivity contribution in [3.05, 3.63) is 58.1 Å². The zero-order valence-electron chi connectivity index (χ0n) is 13.0. The number of carbonyl (C=O) groups excluding carboxylic acids is 2. The van der Waals surface area contributed by atoms with Crippen LogP contribution >= 0.6 is 0 Å². The van der Waals surface area contributed by atoms with Crippen LogP contribution in [0.3, 0.4) is 0 Å². The zero-order chi connectivity index (χ0) is 17.7. The third-order valence-corrected chi connectivity index (χ3v) is 3.09. The Morgan fingerprint density at radius 1 is 1.12 bits per heavy atom. The number of nitrogens with one attached hydrogen (secondary N) is 2. The average Bonchev–Trinajstić information content (AvgIpc) is 2.54. The van der Waals surface area contributed by atoms with Gasteiger partial charge in [0.2, 0.25) is 5.91 Å². The summed E-state index contributed by atoms with van der Waals surface area (Å²) in [5.41, 5.74) is 0.774. The minimum Gasteiger partial charge on any atom is -0.495 e. The summed E-state index contributed by atoms with van der Waals surface area (Å²) in [6.07, 6.45) is 0. The number of nitro groups is 1. The number of hydrogen-bond acceptors (Lipinski definition) is 5. The third-order valence-electron chi connectivity index (χ3n) is 3.09. The van der Waals surface area contributed by atoms with Crippen molar-refractivity contribution in [1.29, 1.82) is 0 Å². The van der Waals surface area contributed by atoms with Crippen molar-refractivity contribution in [2.75, 3.05) is 17.7 Å². The zero-order valence-corrected chi connectivity index (χ0v) is 13.0. The summed E-state index contributed by atoms with van der Waals surface area (Å²) in [4.78, 5) is 33.7. The molecule has 2 amide bonds. The summed E-state index contributed by atoms with van der Waals surface area (Å²) in [6, 6.07) is 10.2. The molecule has 0 saturated heterocycles. The molecule has 0 heterocycles. The van der Waals surface area contributed by atoms with Crippen LogP contribution in [0.2, 0.25) is 0 Å². The predicted octanol–water partition coefficient (Wildman–Crippen LogP) is 2.81. The third kappa shape index (κ3) is 4.07. The van der Waals surface area contributed by atoms with E-state index < -0.39 is 10.8 Å². The number of amides is 2. The van der Waals surface area contributed by atoms with Crippen LogP contribution < -0.4 is 15.4 Å². The van der Waals surface area contributed by atoms with Crippen molar-refractivity contribution >= 4 is 28.9 Å². The second-order valence-electron chi connectivity index (χ2n) is 4.86. The average molecular weight is 329 g/mol. The van der Waals surface area contributed by atoms with E-state index in [2.05, 4.69) is 10.6 Å². The van der Waals surface area contributed by atoms with Crippen LogP contribution in [0.25, 0.3) is 0 Å². The highest BCUT2D eigenvalue weighted by Gasteiger charge is 2.15. The van der Waals surface area contributed by atoms with E-state index >= 15 is 0 Å². The van der Waals surface area contributed by atoms with Crippen LogP contribution in [0.5, 0.6) is 5.75 Å². The number of carbonyl (C=O) groups is 2. The molecular formula is C16H15N3O5. The second kappa shape index (κ2) is 7.23. The number of anilines is 2. The molecule has 0 aromatic heterocycles. The summed E-state index contributed by atoms with van der Waals surface area (Å²) in [7, 11) is 1.40. The molecule has 0 unspecified atom stereocenters. The van der Waals surface area contributed by atoms with E-state index in [1.54, 1.807) is 18.2 Å². The lowest BCUT2D eigenvalue weighted by molar-refractivity contribution is -0.384. The monoisotopic (exact) mass is 329 g/mol. The van der Waals surface area contributed by atoms with Crippen LogP contribution in [-0.4, -0.2) is 23.8 Å². The van der Waals surface area contributed by atoms with E-state index in [4.69, 9.17) is 4.74 Å². The van der Waals surface area contributed by atoms with Gasteiger partial charge in [0.1, 0.15) is 5.75 Å². The first-order chi connectivity index (χ1) is 11.4. The van der Waals surface area contributed by atoms with Crippen molar-refractivity contribution in [3.63, 3.8) is 0 Å². The number of non-ortho nitro benzene ring substituents is 1. The van der Waals surface area contributed by atoms with Gasteiger partial charge in [-0.1, -0.05) is 6.07 Å². The summed E-state index contributed by atoms with van der Waals surface area (Å²) in [6.45, 7) is 1.36. The number of ether oxygens (including phenoxy) is 1. The van der Waals surface area contributed by atoms with Gasteiger partial charge in [-0.05, 0) is 24.3 Å². The maximum Gasteiger partial charge on any atom is 0.271 e. The molecule has 2 aromatic rings. The number of hydrogen-bond donors (Lipinski definition) is 2. The van der Waals surface area contributed by atoms with E-state index in [1.165, 1.54) is 38.3 Å². The topological polar surface area (TPSA) is 111 Å². The van der Waals surface area contributed by atoms with Crippen molar-refractivity contribution in [2.45, 2.75) is 6.92 Å². The fraction of sp³-hybridized carbons (Fsp3) is 0.125. The van der Waals surface area contributed by atoms with Crippen LogP contribution in [0.15, 0.2) is 42.5 Å². The molecule has 0 aliphatic heterocycles. The fourth-order valence-electron chi connectivity index (χ4n) is 2.04. The molecule has 0 aliphatic carbocycles. The van der Waals surface area contributed by atoms with Gasteiger partial charge in [0.25, 0.3) is 11.6 Å².